The SMILES string of the molecule is Cc1ccc(C)c(OS(=O)(=O)c2cccc3cccnc23)c1C. The zero-order valence-corrected chi connectivity index (χ0v) is 14.0. The number of hydrogen-bond donors (Lipinski definition) is 0. The van der Waals surface area contributed by atoms with Gasteiger partial charge in [-0.05, 0) is 49.6 Å². The Hall–Kier alpha value is -2.40. The van der Waals surface area contributed by atoms with Gasteiger partial charge in [0.1, 0.15) is 10.6 Å². The summed E-state index contributed by atoms with van der Waals surface area (Å²) in [5, 5.41) is 0.759. The third-order valence-electron chi connectivity index (χ3n) is 3.93. The lowest BCUT2D eigenvalue weighted by atomic mass is 10.1. The number of benzene rings is 2. The van der Waals surface area contributed by atoms with Gasteiger partial charge in [-0.3, -0.25) is 4.98 Å². The molecular weight excluding hydrogens is 310 g/mol. The maximum Gasteiger partial charge on any atom is 0.341 e. The standard InChI is InChI=1S/C18H17NO3S/c1-12-9-10-13(2)18(14(12)3)22-23(20,21)16-8-4-6-15-7-5-11-19-17(15)16/h4-11H,1-3H3. The molecule has 0 saturated carbocycles. The van der Waals surface area contributed by atoms with Crippen molar-refractivity contribution in [3.8, 4) is 5.75 Å². The second-order valence-electron chi connectivity index (χ2n) is 5.52. The fraction of sp³-hybridized carbons (Fsp3) is 0.167. The molecule has 3 rings (SSSR count). The molecule has 0 N–H and O–H groups in total. The minimum Gasteiger partial charge on any atom is -0.378 e. The number of fused-ring (bicyclic) bond motifs is 1. The lowest BCUT2D eigenvalue weighted by Gasteiger charge is -2.14. The van der Waals surface area contributed by atoms with Gasteiger partial charge in [0.15, 0.2) is 0 Å². The Labute approximate surface area is 135 Å². The summed E-state index contributed by atoms with van der Waals surface area (Å²) >= 11 is 0. The zero-order valence-electron chi connectivity index (χ0n) is 13.2. The molecule has 0 spiro atoms. The largest absolute Gasteiger partial charge is 0.378 e. The van der Waals surface area contributed by atoms with Crippen LogP contribution in [-0.4, -0.2) is 13.4 Å². The van der Waals surface area contributed by atoms with Gasteiger partial charge in [0, 0.05) is 11.6 Å². The molecule has 0 fully saturated rings. The summed E-state index contributed by atoms with van der Waals surface area (Å²) in [5.41, 5.74) is 3.00. The molecule has 3 aromatic rings. The Bertz CT molecular complexity index is 989. The number of hydrogen-bond acceptors (Lipinski definition) is 4. The van der Waals surface area contributed by atoms with Crippen LogP contribution in [0.25, 0.3) is 10.9 Å². The average molecular weight is 327 g/mol. The number of aryl methyl sites for hydroxylation is 2. The highest BCUT2D eigenvalue weighted by molar-refractivity contribution is 7.87. The molecule has 0 amide bonds. The quantitative estimate of drug-likeness (QED) is 0.684. The summed E-state index contributed by atoms with van der Waals surface area (Å²) in [6, 6.07) is 12.4. The smallest absolute Gasteiger partial charge is 0.341 e. The molecule has 0 atom stereocenters. The Morgan fingerprint density at radius 2 is 1.61 bits per heavy atom. The van der Waals surface area contributed by atoms with Gasteiger partial charge in [-0.1, -0.05) is 30.3 Å². The van der Waals surface area contributed by atoms with E-state index >= 15 is 0 Å². The lowest BCUT2D eigenvalue weighted by Crippen LogP contribution is -2.12. The van der Waals surface area contributed by atoms with Crippen LogP contribution in [0, 0.1) is 20.8 Å². The van der Waals surface area contributed by atoms with E-state index in [1.165, 1.54) is 6.07 Å². The third-order valence-corrected chi connectivity index (χ3v) is 5.19. The summed E-state index contributed by atoms with van der Waals surface area (Å²) in [6.45, 7) is 5.61. The van der Waals surface area contributed by atoms with Crippen molar-refractivity contribution in [2.24, 2.45) is 0 Å². The van der Waals surface area contributed by atoms with Crippen molar-refractivity contribution in [3.63, 3.8) is 0 Å². The van der Waals surface area contributed by atoms with E-state index in [0.717, 1.165) is 22.1 Å². The van der Waals surface area contributed by atoms with Gasteiger partial charge >= 0.3 is 10.1 Å². The van der Waals surface area contributed by atoms with Gasteiger partial charge in [-0.2, -0.15) is 8.42 Å². The van der Waals surface area contributed by atoms with Gasteiger partial charge < -0.3 is 4.18 Å². The highest BCUT2D eigenvalue weighted by Crippen LogP contribution is 2.30. The Balaban J connectivity index is 2.15. The molecule has 0 unspecified atom stereocenters. The van der Waals surface area contributed by atoms with Crippen molar-refractivity contribution in [2.45, 2.75) is 25.7 Å². The van der Waals surface area contributed by atoms with E-state index in [1.807, 2.05) is 45.0 Å². The average Bonchev–Trinajstić information content (AvgIpc) is 2.54. The first-order valence-electron chi connectivity index (χ1n) is 7.25. The minimum atomic E-state index is -3.96. The first-order chi connectivity index (χ1) is 10.9. The minimum absolute atomic E-state index is 0.0795. The summed E-state index contributed by atoms with van der Waals surface area (Å²) in [7, 11) is -3.96. The van der Waals surface area contributed by atoms with Crippen LogP contribution in [0.15, 0.2) is 53.6 Å². The van der Waals surface area contributed by atoms with Crippen LogP contribution in [0.3, 0.4) is 0 Å². The summed E-state index contributed by atoms with van der Waals surface area (Å²) < 4.78 is 31.0. The molecule has 1 heterocycles. The highest BCUT2D eigenvalue weighted by atomic mass is 32.2. The molecule has 1 aromatic heterocycles. The second-order valence-corrected chi connectivity index (χ2v) is 7.04. The van der Waals surface area contributed by atoms with Crippen LogP contribution >= 0.6 is 0 Å². The van der Waals surface area contributed by atoms with Gasteiger partial charge in [0.2, 0.25) is 0 Å². The van der Waals surface area contributed by atoms with Gasteiger partial charge in [-0.15, -0.1) is 0 Å². The fourth-order valence-electron chi connectivity index (χ4n) is 2.49. The predicted octanol–water partition coefficient (Wildman–Crippen LogP) is 3.93. The highest BCUT2D eigenvalue weighted by Gasteiger charge is 2.22. The first-order valence-corrected chi connectivity index (χ1v) is 8.66. The molecule has 0 aliphatic carbocycles. The topological polar surface area (TPSA) is 56.3 Å². The van der Waals surface area contributed by atoms with Crippen LogP contribution in [0.4, 0.5) is 0 Å². The number of pyridine rings is 1. The van der Waals surface area contributed by atoms with E-state index in [-0.39, 0.29) is 4.90 Å². The van der Waals surface area contributed by atoms with Gasteiger partial charge in [0.25, 0.3) is 0 Å². The lowest BCUT2D eigenvalue weighted by molar-refractivity contribution is 0.482. The van der Waals surface area contributed by atoms with Crippen LogP contribution in [0.2, 0.25) is 0 Å². The number of nitrogens with zero attached hydrogens (tertiary/aromatic N) is 1. The monoisotopic (exact) mass is 327 g/mol. The van der Waals surface area contributed by atoms with Crippen molar-refractivity contribution < 1.29 is 12.6 Å². The molecule has 5 heteroatoms. The van der Waals surface area contributed by atoms with Crippen LogP contribution in [-0.2, 0) is 10.1 Å². The molecule has 4 nitrogen and oxygen atoms in total. The van der Waals surface area contributed by atoms with Crippen molar-refractivity contribution in [3.05, 3.63) is 65.4 Å². The summed E-state index contributed by atoms with van der Waals surface area (Å²) in [5.74, 6) is 0.387. The maximum absolute atomic E-state index is 12.8. The van der Waals surface area contributed by atoms with E-state index in [9.17, 15) is 8.42 Å². The predicted molar refractivity (Wildman–Crippen MR) is 90.2 cm³/mol. The van der Waals surface area contributed by atoms with Crippen LogP contribution in [0.5, 0.6) is 5.75 Å². The Kier molecular flexibility index (Phi) is 3.82. The van der Waals surface area contributed by atoms with E-state index in [4.69, 9.17) is 4.18 Å². The van der Waals surface area contributed by atoms with E-state index < -0.39 is 10.1 Å². The van der Waals surface area contributed by atoms with Crippen LogP contribution in [0.1, 0.15) is 16.7 Å². The first kappa shape index (κ1) is 15.5. The molecule has 0 bridgehead atoms. The van der Waals surface area contributed by atoms with E-state index in [1.54, 1.807) is 18.3 Å². The van der Waals surface area contributed by atoms with Gasteiger partial charge in [-0.25, -0.2) is 0 Å². The number of rotatable bonds is 3. The fourth-order valence-corrected chi connectivity index (χ4v) is 3.70. The summed E-state index contributed by atoms with van der Waals surface area (Å²) in [6.07, 6.45) is 1.57. The van der Waals surface area contributed by atoms with Crippen LogP contribution < -0.4 is 4.18 Å². The number of para-hydroxylation sites is 1. The molecular formula is C18H17NO3S. The van der Waals surface area contributed by atoms with Gasteiger partial charge in [0.05, 0.1) is 5.52 Å². The second kappa shape index (κ2) is 5.66. The third kappa shape index (κ3) is 2.80. The molecule has 118 valence electrons. The van der Waals surface area contributed by atoms with Crippen molar-refractivity contribution in [2.75, 3.05) is 0 Å². The normalized spacial score (nSPS) is 11.6. The zero-order chi connectivity index (χ0) is 16.6. The summed E-state index contributed by atoms with van der Waals surface area (Å²) in [4.78, 5) is 4.27. The molecule has 23 heavy (non-hydrogen) atoms. The molecule has 0 aliphatic rings. The molecule has 0 radical (unpaired) electrons. The van der Waals surface area contributed by atoms with Crippen molar-refractivity contribution >= 4 is 21.0 Å². The number of aromatic nitrogens is 1. The molecule has 0 saturated heterocycles. The molecule has 0 aliphatic heterocycles. The van der Waals surface area contributed by atoms with Crippen molar-refractivity contribution in [1.82, 2.24) is 4.98 Å². The Morgan fingerprint density at radius 3 is 2.39 bits per heavy atom. The van der Waals surface area contributed by atoms with E-state index in [2.05, 4.69) is 4.98 Å². The molecule has 2 aromatic carbocycles. The van der Waals surface area contributed by atoms with Crippen molar-refractivity contribution in [1.29, 1.82) is 0 Å². The maximum atomic E-state index is 12.8. The Morgan fingerprint density at radius 1 is 0.913 bits per heavy atom. The van der Waals surface area contributed by atoms with E-state index in [0.29, 0.717) is 11.3 Å².